The van der Waals surface area contributed by atoms with Gasteiger partial charge in [0.15, 0.2) is 0 Å². The van der Waals surface area contributed by atoms with Gasteiger partial charge in [0.25, 0.3) is 0 Å². The third-order valence-electron chi connectivity index (χ3n) is 11.8. The summed E-state index contributed by atoms with van der Waals surface area (Å²) in [5, 5.41) is 2.09. The Morgan fingerprint density at radius 3 is 1.69 bits per heavy atom. The molecule has 0 radical (unpaired) electrons. The quantitative estimate of drug-likeness (QED) is 0.164. The molecule has 0 fully saturated rings. The lowest BCUT2D eigenvalue weighted by Gasteiger charge is -2.30. The molecule has 1 spiro atoms. The van der Waals surface area contributed by atoms with Crippen molar-refractivity contribution in [3.05, 3.63) is 222 Å². The summed E-state index contributed by atoms with van der Waals surface area (Å²) in [6.45, 7) is 6.53. The molecule has 0 saturated heterocycles. The van der Waals surface area contributed by atoms with Gasteiger partial charge in [-0.3, -0.25) is 4.99 Å². The van der Waals surface area contributed by atoms with E-state index in [1.165, 1.54) is 61.2 Å². The summed E-state index contributed by atoms with van der Waals surface area (Å²) in [5.41, 5.74) is 20.2. The first-order valence-electron chi connectivity index (χ1n) is 18.9. The van der Waals surface area contributed by atoms with E-state index in [4.69, 9.17) is 9.41 Å². The molecule has 2 aliphatic carbocycles. The predicted octanol–water partition coefficient (Wildman–Crippen LogP) is 13.7. The monoisotopic (exact) mass is 701 g/mol. The molecular weight excluding hydrogens is 667 g/mol. The molecule has 1 aromatic heterocycles. The van der Waals surface area contributed by atoms with Crippen LogP contribution in [0, 0.1) is 0 Å². The highest BCUT2D eigenvalue weighted by molar-refractivity contribution is 6.12. The zero-order valence-electron chi connectivity index (χ0n) is 30.4. The van der Waals surface area contributed by atoms with E-state index in [9.17, 15) is 0 Å². The molecule has 2 aliphatic rings. The Bertz CT molecular complexity index is 2990. The van der Waals surface area contributed by atoms with Gasteiger partial charge in [-0.2, -0.15) is 0 Å². The summed E-state index contributed by atoms with van der Waals surface area (Å²) in [6.07, 6.45) is 0. The summed E-state index contributed by atoms with van der Waals surface area (Å²) >= 11 is 0. The topological polar surface area (TPSA) is 25.5 Å². The standard InChI is InChI=1S/C53H35NO/c1-33(35-23-25-37(26-24-35)36-13-4-3-5-14-36)54-34(2)40-18-12-22-51-52(40)45-31-38(28-30-50(45)55-51)39-27-29-44-43-17-8-11-21-48(43)53(49(44)32-39)46-19-9-6-15-41(46)42-16-7-10-20-47(42)53/h3-32H,2H2,1H3. The van der Waals surface area contributed by atoms with Crippen LogP contribution in [0.3, 0.4) is 0 Å². The highest BCUT2D eigenvalue weighted by Gasteiger charge is 2.51. The van der Waals surface area contributed by atoms with Crippen molar-refractivity contribution in [1.29, 1.82) is 0 Å². The molecule has 0 saturated carbocycles. The maximum atomic E-state index is 6.46. The summed E-state index contributed by atoms with van der Waals surface area (Å²) in [5.74, 6) is 0. The highest BCUT2D eigenvalue weighted by atomic mass is 16.3. The predicted molar refractivity (Wildman–Crippen MR) is 229 cm³/mol. The first-order chi connectivity index (χ1) is 27.1. The van der Waals surface area contributed by atoms with Gasteiger partial charge >= 0.3 is 0 Å². The molecular formula is C53H35NO. The lowest BCUT2D eigenvalue weighted by molar-refractivity contribution is 0.669. The van der Waals surface area contributed by atoms with Crippen LogP contribution in [0.2, 0.25) is 0 Å². The fourth-order valence-electron chi connectivity index (χ4n) is 9.38. The van der Waals surface area contributed by atoms with Crippen molar-refractivity contribution in [1.82, 2.24) is 0 Å². The molecule has 8 aromatic carbocycles. The molecule has 2 nitrogen and oxygen atoms in total. The minimum absolute atomic E-state index is 0.385. The average molecular weight is 702 g/mol. The van der Waals surface area contributed by atoms with Crippen LogP contribution in [0.4, 0.5) is 0 Å². The van der Waals surface area contributed by atoms with E-state index in [-0.39, 0.29) is 5.41 Å². The van der Waals surface area contributed by atoms with Gasteiger partial charge in [0.2, 0.25) is 0 Å². The molecule has 55 heavy (non-hydrogen) atoms. The second-order valence-electron chi connectivity index (χ2n) is 14.7. The highest BCUT2D eigenvalue weighted by Crippen LogP contribution is 2.63. The van der Waals surface area contributed by atoms with Crippen molar-refractivity contribution in [2.24, 2.45) is 4.99 Å². The smallest absolute Gasteiger partial charge is 0.136 e. The zero-order chi connectivity index (χ0) is 36.7. The molecule has 0 aliphatic heterocycles. The van der Waals surface area contributed by atoms with Gasteiger partial charge in [0.05, 0.1) is 11.1 Å². The fourth-order valence-corrected chi connectivity index (χ4v) is 9.38. The SMILES string of the molecule is C=C(N=C(C)c1ccc(-c2ccccc2)cc1)c1cccc2oc3ccc(-c4ccc5c(c4)C4(c6ccccc6-c6ccccc64)c4ccccc4-5)cc3c12. The van der Waals surface area contributed by atoms with E-state index >= 15 is 0 Å². The number of hydrogen-bond acceptors (Lipinski definition) is 2. The Morgan fingerprint density at radius 1 is 0.473 bits per heavy atom. The lowest BCUT2D eigenvalue weighted by atomic mass is 9.70. The molecule has 258 valence electrons. The third-order valence-corrected chi connectivity index (χ3v) is 11.8. The third kappa shape index (κ3) is 4.58. The second kappa shape index (κ2) is 12.0. The zero-order valence-corrected chi connectivity index (χ0v) is 30.4. The van der Waals surface area contributed by atoms with E-state index < -0.39 is 0 Å². The Balaban J connectivity index is 1.02. The van der Waals surface area contributed by atoms with Crippen LogP contribution < -0.4 is 0 Å². The maximum absolute atomic E-state index is 6.46. The van der Waals surface area contributed by atoms with Gasteiger partial charge < -0.3 is 4.42 Å². The summed E-state index contributed by atoms with van der Waals surface area (Å²) in [7, 11) is 0. The number of benzene rings is 8. The average Bonchev–Trinajstić information content (AvgIpc) is 3.87. The van der Waals surface area contributed by atoms with Gasteiger partial charge in [-0.1, -0.05) is 164 Å². The van der Waals surface area contributed by atoms with E-state index in [0.717, 1.165) is 44.3 Å². The largest absolute Gasteiger partial charge is 0.456 e. The molecule has 0 N–H and O–H groups in total. The van der Waals surface area contributed by atoms with Gasteiger partial charge in [-0.05, 0) is 104 Å². The molecule has 0 bridgehead atoms. The van der Waals surface area contributed by atoms with Gasteiger partial charge in [-0.15, -0.1) is 0 Å². The molecule has 2 heteroatoms. The number of hydrogen-bond donors (Lipinski definition) is 0. The van der Waals surface area contributed by atoms with Crippen molar-refractivity contribution in [3.8, 4) is 44.5 Å². The number of aliphatic imine (C=N–C) groups is 1. The van der Waals surface area contributed by atoms with Gasteiger partial charge in [0, 0.05) is 22.0 Å². The normalized spacial score (nSPS) is 13.5. The molecule has 11 rings (SSSR count). The van der Waals surface area contributed by atoms with Crippen molar-refractivity contribution >= 4 is 33.3 Å². The number of fused-ring (bicyclic) bond motifs is 13. The molecule has 9 aromatic rings. The summed E-state index contributed by atoms with van der Waals surface area (Å²) in [4.78, 5) is 5.05. The first kappa shape index (κ1) is 31.5. The van der Waals surface area contributed by atoms with E-state index in [2.05, 4.69) is 177 Å². The van der Waals surface area contributed by atoms with Crippen LogP contribution in [-0.4, -0.2) is 5.71 Å². The van der Waals surface area contributed by atoms with Crippen LogP contribution in [0.15, 0.2) is 198 Å². The van der Waals surface area contributed by atoms with Gasteiger partial charge in [0.1, 0.15) is 11.2 Å². The van der Waals surface area contributed by atoms with Crippen LogP contribution in [-0.2, 0) is 5.41 Å². The Kier molecular flexibility index (Phi) is 6.87. The number of furan rings is 1. The van der Waals surface area contributed by atoms with Crippen LogP contribution in [0.1, 0.15) is 40.3 Å². The van der Waals surface area contributed by atoms with Crippen molar-refractivity contribution in [3.63, 3.8) is 0 Å². The van der Waals surface area contributed by atoms with E-state index in [1.807, 2.05) is 18.2 Å². The Labute approximate surface area is 320 Å². The minimum Gasteiger partial charge on any atom is -0.456 e. The molecule has 0 unspecified atom stereocenters. The lowest BCUT2D eigenvalue weighted by Crippen LogP contribution is -2.25. The van der Waals surface area contributed by atoms with Crippen molar-refractivity contribution in [2.75, 3.05) is 0 Å². The van der Waals surface area contributed by atoms with Crippen molar-refractivity contribution in [2.45, 2.75) is 12.3 Å². The molecule has 0 atom stereocenters. The van der Waals surface area contributed by atoms with Crippen LogP contribution in [0.5, 0.6) is 0 Å². The Hall–Kier alpha value is -7.03. The number of rotatable bonds is 5. The van der Waals surface area contributed by atoms with Gasteiger partial charge in [-0.25, -0.2) is 0 Å². The van der Waals surface area contributed by atoms with Crippen LogP contribution in [0.25, 0.3) is 72.1 Å². The molecule has 1 heterocycles. The van der Waals surface area contributed by atoms with Crippen molar-refractivity contribution < 1.29 is 4.42 Å². The number of nitrogens with zero attached hydrogens (tertiary/aromatic N) is 1. The summed E-state index contributed by atoms with van der Waals surface area (Å²) < 4.78 is 6.46. The minimum atomic E-state index is -0.385. The first-order valence-corrected chi connectivity index (χ1v) is 18.9. The Morgan fingerprint density at radius 2 is 1.02 bits per heavy atom. The van der Waals surface area contributed by atoms with E-state index in [1.54, 1.807) is 0 Å². The summed E-state index contributed by atoms with van der Waals surface area (Å²) in [6, 6.07) is 65.7. The second-order valence-corrected chi connectivity index (χ2v) is 14.7. The maximum Gasteiger partial charge on any atom is 0.136 e. The van der Waals surface area contributed by atoms with Crippen LogP contribution >= 0.6 is 0 Å². The molecule has 0 amide bonds. The fraction of sp³-hybridized carbons (Fsp3) is 0.0377. The van der Waals surface area contributed by atoms with E-state index in [0.29, 0.717) is 5.70 Å².